The molecule has 0 spiro atoms. The summed E-state index contributed by atoms with van der Waals surface area (Å²) in [5.74, 6) is -3.08. The zero-order valence-corrected chi connectivity index (χ0v) is 55.4. The minimum atomic E-state index is -1.90. The molecule has 0 amide bonds. The summed E-state index contributed by atoms with van der Waals surface area (Å²) >= 11 is 0. The Balaban J connectivity index is 2.60. The van der Waals surface area contributed by atoms with Crippen molar-refractivity contribution in [3.63, 3.8) is 0 Å². The number of carboxylic acid groups (broad SMARTS) is 1. The zero-order chi connectivity index (χ0) is 61.7. The fourth-order valence-electron chi connectivity index (χ4n) is 11.5. The molecule has 6 unspecified atom stereocenters. The standard InChI is InChI=1S/C73H134O12/c1-4-7-10-13-16-19-22-25-28-31-33-36-38-41-44-47-50-53-56-59-65(74)81-62-64(83-66(75)60-57-54-51-48-45-42-40-37-34-32-29-26-23-20-17-14-11-8-5-2)63-82-73-71(69(78)68(77)70(85-73)72(79)80)84-67(76)61-58-55-52-49-46-43-39-35-30-27-24-21-18-15-12-9-6-3/h18,21,27,30,64,68-71,73,77-78H,4-17,19-20,22-26,28-29,31-63H2,1-3H3,(H,79,80)/b21-18-,30-27-. The molecule has 1 aliphatic heterocycles. The Bertz CT molecular complexity index is 1570. The largest absolute Gasteiger partial charge is 0.479 e. The summed E-state index contributed by atoms with van der Waals surface area (Å²) in [6.07, 6.45) is 61.3. The van der Waals surface area contributed by atoms with Gasteiger partial charge in [0.2, 0.25) is 0 Å². The van der Waals surface area contributed by atoms with Gasteiger partial charge in [-0.05, 0) is 51.4 Å². The van der Waals surface area contributed by atoms with Gasteiger partial charge in [0.25, 0.3) is 0 Å². The molecule has 0 radical (unpaired) electrons. The number of ether oxygens (including phenoxy) is 5. The Hall–Kier alpha value is -2.80. The third kappa shape index (κ3) is 50.7. The second-order valence-electron chi connectivity index (χ2n) is 25.2. The van der Waals surface area contributed by atoms with E-state index in [1.54, 1.807) is 0 Å². The number of aliphatic carboxylic acids is 1. The molecule has 498 valence electrons. The molecule has 0 aromatic rings. The van der Waals surface area contributed by atoms with Gasteiger partial charge in [-0.3, -0.25) is 14.4 Å². The lowest BCUT2D eigenvalue weighted by molar-refractivity contribution is -0.301. The first-order chi connectivity index (χ1) is 41.6. The SMILES string of the molecule is CCCCC/C=C\C/C=C\CCCCCCCCCC(=O)OC1C(OCC(COC(=O)CCCCCCCCCCCCCCCCCCCCC)OC(=O)CCCCCCCCCCCCCCCCCCCCC)OC(C(=O)O)C(O)C1O. The summed E-state index contributed by atoms with van der Waals surface area (Å²) in [7, 11) is 0. The van der Waals surface area contributed by atoms with E-state index < -0.39 is 67.3 Å². The number of unbranched alkanes of at least 4 members (excludes halogenated alkanes) is 46. The van der Waals surface area contributed by atoms with Gasteiger partial charge in [-0.2, -0.15) is 0 Å². The number of aliphatic hydroxyl groups is 2. The van der Waals surface area contributed by atoms with E-state index in [2.05, 4.69) is 45.1 Å². The normalized spacial score (nSPS) is 17.5. The van der Waals surface area contributed by atoms with Crippen molar-refractivity contribution in [1.82, 2.24) is 0 Å². The molecule has 1 aliphatic rings. The van der Waals surface area contributed by atoms with Gasteiger partial charge in [0.1, 0.15) is 18.8 Å². The van der Waals surface area contributed by atoms with Crippen molar-refractivity contribution in [1.29, 1.82) is 0 Å². The lowest BCUT2D eigenvalue weighted by Gasteiger charge is -2.40. The highest BCUT2D eigenvalue weighted by molar-refractivity contribution is 5.74. The quantitative estimate of drug-likeness (QED) is 0.0228. The first-order valence-electron chi connectivity index (χ1n) is 36.3. The van der Waals surface area contributed by atoms with Crippen LogP contribution >= 0.6 is 0 Å². The van der Waals surface area contributed by atoms with E-state index in [0.717, 1.165) is 89.9 Å². The number of aliphatic hydroxyl groups excluding tert-OH is 2. The van der Waals surface area contributed by atoms with Crippen LogP contribution in [0.25, 0.3) is 0 Å². The van der Waals surface area contributed by atoms with Crippen LogP contribution in [0.2, 0.25) is 0 Å². The molecule has 0 aromatic carbocycles. The number of carbonyl (C=O) groups is 4. The Morgan fingerprint density at radius 1 is 0.388 bits per heavy atom. The minimum Gasteiger partial charge on any atom is -0.479 e. The van der Waals surface area contributed by atoms with E-state index in [4.69, 9.17) is 23.7 Å². The first-order valence-corrected chi connectivity index (χ1v) is 36.3. The number of hydrogen-bond acceptors (Lipinski definition) is 11. The van der Waals surface area contributed by atoms with E-state index in [0.29, 0.717) is 19.3 Å². The third-order valence-electron chi connectivity index (χ3n) is 17.0. The van der Waals surface area contributed by atoms with Gasteiger partial charge < -0.3 is 39.0 Å². The van der Waals surface area contributed by atoms with Crippen molar-refractivity contribution in [3.8, 4) is 0 Å². The predicted octanol–water partition coefficient (Wildman–Crippen LogP) is 20.1. The van der Waals surface area contributed by atoms with Crippen LogP contribution in [0.3, 0.4) is 0 Å². The topological polar surface area (TPSA) is 175 Å². The molecule has 12 heteroatoms. The maximum absolute atomic E-state index is 13.3. The summed E-state index contributed by atoms with van der Waals surface area (Å²) in [5.41, 5.74) is 0. The fraction of sp³-hybridized carbons (Fsp3) is 0.890. The van der Waals surface area contributed by atoms with Crippen molar-refractivity contribution in [2.45, 2.75) is 404 Å². The highest BCUT2D eigenvalue weighted by Gasteiger charge is 2.50. The van der Waals surface area contributed by atoms with Crippen LogP contribution in [0, 0.1) is 0 Å². The molecule has 0 aromatic heterocycles. The molecule has 12 nitrogen and oxygen atoms in total. The van der Waals surface area contributed by atoms with Crippen molar-refractivity contribution >= 4 is 23.9 Å². The summed E-state index contributed by atoms with van der Waals surface area (Å²) in [6, 6.07) is 0. The maximum atomic E-state index is 13.3. The minimum absolute atomic E-state index is 0.0570. The highest BCUT2D eigenvalue weighted by Crippen LogP contribution is 2.27. The Morgan fingerprint density at radius 3 is 1.08 bits per heavy atom. The number of carbonyl (C=O) groups excluding carboxylic acids is 3. The summed E-state index contributed by atoms with van der Waals surface area (Å²) in [4.78, 5) is 51.5. The average Bonchev–Trinajstić information content (AvgIpc) is 2.83. The third-order valence-corrected chi connectivity index (χ3v) is 17.0. The van der Waals surface area contributed by atoms with Gasteiger partial charge in [-0.25, -0.2) is 4.79 Å². The predicted molar refractivity (Wildman–Crippen MR) is 350 cm³/mol. The Kier molecular flexibility index (Phi) is 58.0. The fourth-order valence-corrected chi connectivity index (χ4v) is 11.5. The Labute approximate surface area is 521 Å². The highest BCUT2D eigenvalue weighted by atomic mass is 16.7. The molecule has 0 aliphatic carbocycles. The molecule has 0 saturated carbocycles. The number of rotatable bonds is 64. The molecular formula is C73H134O12. The first kappa shape index (κ1) is 80.2. The molecule has 1 rings (SSSR count). The second-order valence-corrected chi connectivity index (χ2v) is 25.2. The van der Waals surface area contributed by atoms with Gasteiger partial charge in [0.15, 0.2) is 24.6 Å². The summed E-state index contributed by atoms with van der Waals surface area (Å²) in [5, 5.41) is 31.7. The van der Waals surface area contributed by atoms with Crippen LogP contribution in [-0.2, 0) is 42.9 Å². The summed E-state index contributed by atoms with van der Waals surface area (Å²) < 4.78 is 28.7. The summed E-state index contributed by atoms with van der Waals surface area (Å²) in [6.45, 7) is 6.06. The van der Waals surface area contributed by atoms with Crippen LogP contribution in [0.4, 0.5) is 0 Å². The smallest absolute Gasteiger partial charge is 0.335 e. The number of allylic oxidation sites excluding steroid dienone is 4. The van der Waals surface area contributed by atoms with Crippen LogP contribution in [-0.4, -0.2) is 89.2 Å². The van der Waals surface area contributed by atoms with E-state index in [-0.39, 0.29) is 25.9 Å². The van der Waals surface area contributed by atoms with Gasteiger partial charge >= 0.3 is 23.9 Å². The van der Waals surface area contributed by atoms with Crippen LogP contribution in [0.5, 0.6) is 0 Å². The molecule has 1 saturated heterocycles. The van der Waals surface area contributed by atoms with Gasteiger partial charge in [-0.15, -0.1) is 0 Å². The molecular weight excluding hydrogens is 1070 g/mol. The molecule has 0 bridgehead atoms. The van der Waals surface area contributed by atoms with E-state index >= 15 is 0 Å². The van der Waals surface area contributed by atoms with Crippen molar-refractivity contribution in [3.05, 3.63) is 24.3 Å². The maximum Gasteiger partial charge on any atom is 0.335 e. The van der Waals surface area contributed by atoms with Crippen molar-refractivity contribution in [2.75, 3.05) is 13.2 Å². The number of carboxylic acids is 1. The average molecular weight is 1200 g/mol. The molecule has 1 fully saturated rings. The second kappa shape index (κ2) is 61.4. The van der Waals surface area contributed by atoms with Gasteiger partial charge in [0.05, 0.1) is 6.61 Å². The van der Waals surface area contributed by atoms with Gasteiger partial charge in [0, 0.05) is 19.3 Å². The van der Waals surface area contributed by atoms with Crippen LogP contribution in [0.15, 0.2) is 24.3 Å². The van der Waals surface area contributed by atoms with E-state index in [1.165, 1.54) is 218 Å². The van der Waals surface area contributed by atoms with Crippen molar-refractivity contribution < 1.29 is 58.2 Å². The molecule has 3 N–H and O–H groups in total. The monoisotopic (exact) mass is 1200 g/mol. The molecule has 1 heterocycles. The van der Waals surface area contributed by atoms with Crippen molar-refractivity contribution in [2.24, 2.45) is 0 Å². The molecule has 85 heavy (non-hydrogen) atoms. The number of hydrogen-bond donors (Lipinski definition) is 3. The number of esters is 3. The van der Waals surface area contributed by atoms with Gasteiger partial charge in [-0.1, -0.05) is 321 Å². The lowest BCUT2D eigenvalue weighted by Crippen LogP contribution is -2.61. The van der Waals surface area contributed by atoms with E-state index in [9.17, 15) is 34.5 Å². The lowest BCUT2D eigenvalue weighted by atomic mass is 9.98. The Morgan fingerprint density at radius 2 is 0.706 bits per heavy atom. The van der Waals surface area contributed by atoms with E-state index in [1.807, 2.05) is 0 Å². The molecule has 6 atom stereocenters. The van der Waals surface area contributed by atoms with Crippen LogP contribution < -0.4 is 0 Å². The zero-order valence-electron chi connectivity index (χ0n) is 55.4. The van der Waals surface area contributed by atoms with Crippen LogP contribution in [0.1, 0.15) is 367 Å².